The highest BCUT2D eigenvalue weighted by Gasteiger charge is 2.53. The quantitative estimate of drug-likeness (QED) is 0.765. The van der Waals surface area contributed by atoms with Crippen LogP contribution < -0.4 is 11.1 Å². The van der Waals surface area contributed by atoms with E-state index in [4.69, 9.17) is 5.73 Å². The molecule has 0 amide bonds. The van der Waals surface area contributed by atoms with E-state index in [2.05, 4.69) is 27.2 Å². The highest BCUT2D eigenvalue weighted by atomic mass is 16.3. The maximum absolute atomic E-state index is 9.70. The van der Waals surface area contributed by atoms with Crippen LogP contribution >= 0.6 is 0 Å². The molecule has 0 radical (unpaired) electrons. The summed E-state index contributed by atoms with van der Waals surface area (Å²) in [5, 5.41) is 13.1. The summed E-state index contributed by atoms with van der Waals surface area (Å²) in [6.07, 6.45) is 4.86. The van der Waals surface area contributed by atoms with Crippen LogP contribution in [0.1, 0.15) is 26.2 Å². The summed E-state index contributed by atoms with van der Waals surface area (Å²) in [7, 11) is 0. The zero-order valence-corrected chi connectivity index (χ0v) is 11.5. The van der Waals surface area contributed by atoms with Gasteiger partial charge in [0.15, 0.2) is 5.82 Å². The zero-order chi connectivity index (χ0) is 14.2. The predicted octanol–water partition coefficient (Wildman–Crippen LogP) is 1.57. The number of nitrogens with two attached hydrogens (primary N) is 1. The number of aliphatic hydroxyl groups excluding tert-OH is 1. The molecule has 1 saturated carbocycles. The number of nitrogens with zero attached hydrogens (tertiary/aromatic N) is 3. The third-order valence-corrected chi connectivity index (χ3v) is 3.99. The fourth-order valence-corrected chi connectivity index (χ4v) is 2.80. The van der Waals surface area contributed by atoms with E-state index in [0.29, 0.717) is 22.8 Å². The van der Waals surface area contributed by atoms with Gasteiger partial charge in [-0.2, -0.15) is 4.98 Å². The van der Waals surface area contributed by atoms with Crippen molar-refractivity contribution in [3.05, 3.63) is 18.3 Å². The first-order chi connectivity index (χ1) is 9.68. The fourth-order valence-electron chi connectivity index (χ4n) is 2.80. The molecule has 0 aromatic carbocycles. The molecule has 0 aliphatic heterocycles. The van der Waals surface area contributed by atoms with Gasteiger partial charge < -0.3 is 16.2 Å². The summed E-state index contributed by atoms with van der Waals surface area (Å²) in [6.45, 7) is 2.25. The van der Waals surface area contributed by atoms with E-state index in [0.717, 1.165) is 19.3 Å². The molecule has 2 heterocycles. The van der Waals surface area contributed by atoms with Crippen molar-refractivity contribution in [1.82, 2.24) is 15.0 Å². The molecule has 6 nitrogen and oxygen atoms in total. The average Bonchev–Trinajstić information content (AvgIpc) is 3.12. The lowest BCUT2D eigenvalue weighted by atomic mass is 10.1. The molecule has 3 rings (SSSR count). The van der Waals surface area contributed by atoms with E-state index in [1.807, 2.05) is 12.1 Å². The number of pyridine rings is 1. The lowest BCUT2D eigenvalue weighted by molar-refractivity contribution is 0.255. The maximum atomic E-state index is 9.70. The van der Waals surface area contributed by atoms with Crippen molar-refractivity contribution >= 4 is 22.8 Å². The Bertz CT molecular complexity index is 632. The van der Waals surface area contributed by atoms with Gasteiger partial charge in [-0.1, -0.05) is 13.3 Å². The van der Waals surface area contributed by atoms with Crippen molar-refractivity contribution in [2.45, 2.75) is 31.7 Å². The van der Waals surface area contributed by atoms with Gasteiger partial charge in [-0.15, -0.1) is 0 Å². The standard InChI is InChI=1S/C14H19N5O/c1-2-4-9-7-14(9,8-20)19-12-11-10(5-3-6-16-11)17-13(15)18-12/h3,5-6,9,20H,2,4,7-8H2,1H3,(H3,15,17,18,19)/t9-,14+/m1/s1. The van der Waals surface area contributed by atoms with Gasteiger partial charge >= 0.3 is 0 Å². The maximum Gasteiger partial charge on any atom is 0.222 e. The second-order valence-corrected chi connectivity index (χ2v) is 5.43. The number of hydrogen-bond donors (Lipinski definition) is 3. The Morgan fingerprint density at radius 1 is 1.50 bits per heavy atom. The van der Waals surface area contributed by atoms with Gasteiger partial charge in [0.1, 0.15) is 5.52 Å². The van der Waals surface area contributed by atoms with E-state index in [1.54, 1.807) is 6.20 Å². The summed E-state index contributed by atoms with van der Waals surface area (Å²) >= 11 is 0. The third-order valence-electron chi connectivity index (χ3n) is 3.99. The first-order valence-electron chi connectivity index (χ1n) is 6.96. The minimum absolute atomic E-state index is 0.0932. The number of nitrogen functional groups attached to an aromatic ring is 1. The third kappa shape index (κ3) is 2.16. The van der Waals surface area contributed by atoms with Gasteiger partial charge in [0.2, 0.25) is 5.95 Å². The molecular weight excluding hydrogens is 254 g/mol. The Morgan fingerprint density at radius 3 is 3.10 bits per heavy atom. The lowest BCUT2D eigenvalue weighted by Gasteiger charge is -2.18. The molecule has 4 N–H and O–H groups in total. The van der Waals surface area contributed by atoms with Gasteiger partial charge in [0.25, 0.3) is 0 Å². The van der Waals surface area contributed by atoms with Gasteiger partial charge in [-0.05, 0) is 30.9 Å². The minimum atomic E-state index is -0.277. The molecular formula is C14H19N5O. The largest absolute Gasteiger partial charge is 0.394 e. The Balaban J connectivity index is 1.95. The van der Waals surface area contributed by atoms with Gasteiger partial charge in [-0.25, -0.2) is 4.98 Å². The predicted molar refractivity (Wildman–Crippen MR) is 78.2 cm³/mol. The molecule has 2 aromatic heterocycles. The number of nitrogens with one attached hydrogen (secondary N) is 1. The van der Waals surface area contributed by atoms with E-state index in [1.165, 1.54) is 0 Å². The molecule has 1 aliphatic carbocycles. The molecule has 20 heavy (non-hydrogen) atoms. The van der Waals surface area contributed by atoms with Crippen LogP contribution in [0.5, 0.6) is 0 Å². The number of rotatable bonds is 5. The van der Waals surface area contributed by atoms with Crippen molar-refractivity contribution in [2.24, 2.45) is 5.92 Å². The minimum Gasteiger partial charge on any atom is -0.394 e. The van der Waals surface area contributed by atoms with Crippen LogP contribution in [-0.2, 0) is 0 Å². The number of aliphatic hydroxyl groups is 1. The molecule has 0 bridgehead atoms. The molecule has 0 spiro atoms. The van der Waals surface area contributed by atoms with E-state index < -0.39 is 0 Å². The van der Waals surface area contributed by atoms with Gasteiger partial charge in [-0.3, -0.25) is 4.98 Å². The Hall–Kier alpha value is -1.95. The van der Waals surface area contributed by atoms with Crippen LogP contribution in [0.3, 0.4) is 0 Å². The zero-order valence-electron chi connectivity index (χ0n) is 11.5. The number of fused-ring (bicyclic) bond motifs is 1. The lowest BCUT2D eigenvalue weighted by Crippen LogP contribution is -2.29. The summed E-state index contributed by atoms with van der Waals surface area (Å²) in [5.41, 5.74) is 6.87. The van der Waals surface area contributed by atoms with Crippen molar-refractivity contribution in [2.75, 3.05) is 17.7 Å². The van der Waals surface area contributed by atoms with Crippen LogP contribution in [0.25, 0.3) is 11.0 Å². The van der Waals surface area contributed by atoms with Crippen LogP contribution in [0.15, 0.2) is 18.3 Å². The van der Waals surface area contributed by atoms with Crippen molar-refractivity contribution in [3.63, 3.8) is 0 Å². The number of aromatic nitrogens is 3. The van der Waals surface area contributed by atoms with E-state index in [-0.39, 0.29) is 18.1 Å². The Morgan fingerprint density at radius 2 is 2.35 bits per heavy atom. The van der Waals surface area contributed by atoms with Gasteiger partial charge in [0, 0.05) is 6.20 Å². The molecule has 2 aromatic rings. The Kier molecular flexibility index (Phi) is 3.17. The molecule has 6 heteroatoms. The summed E-state index contributed by atoms with van der Waals surface area (Å²) in [4.78, 5) is 12.7. The molecule has 1 fully saturated rings. The van der Waals surface area contributed by atoms with Crippen LogP contribution in [0.4, 0.5) is 11.8 Å². The highest BCUT2D eigenvalue weighted by molar-refractivity contribution is 5.86. The average molecular weight is 273 g/mol. The smallest absolute Gasteiger partial charge is 0.222 e. The molecule has 0 saturated heterocycles. The van der Waals surface area contributed by atoms with Crippen molar-refractivity contribution < 1.29 is 5.11 Å². The topological polar surface area (TPSA) is 97.0 Å². The number of hydrogen-bond acceptors (Lipinski definition) is 6. The SMILES string of the molecule is CCC[C@@H]1C[C@@]1(CO)Nc1nc(N)nc2cccnc12. The van der Waals surface area contributed by atoms with Gasteiger partial charge in [0.05, 0.1) is 17.7 Å². The highest BCUT2D eigenvalue weighted by Crippen LogP contribution is 2.48. The fraction of sp³-hybridized carbons (Fsp3) is 0.500. The second kappa shape index (κ2) is 4.86. The van der Waals surface area contributed by atoms with E-state index >= 15 is 0 Å². The summed E-state index contributed by atoms with van der Waals surface area (Å²) in [5.74, 6) is 1.31. The molecule has 1 aliphatic rings. The molecule has 2 atom stereocenters. The second-order valence-electron chi connectivity index (χ2n) is 5.43. The monoisotopic (exact) mass is 273 g/mol. The summed E-state index contributed by atoms with van der Waals surface area (Å²) < 4.78 is 0. The Labute approximate surface area is 117 Å². The summed E-state index contributed by atoms with van der Waals surface area (Å²) in [6, 6.07) is 3.67. The molecule has 0 unspecified atom stereocenters. The van der Waals surface area contributed by atoms with Crippen LogP contribution in [0, 0.1) is 5.92 Å². The first kappa shape index (κ1) is 13.1. The van der Waals surface area contributed by atoms with Crippen molar-refractivity contribution in [3.8, 4) is 0 Å². The normalized spacial score (nSPS) is 24.8. The number of anilines is 2. The van der Waals surface area contributed by atoms with Crippen LogP contribution in [-0.4, -0.2) is 32.2 Å². The first-order valence-corrected chi connectivity index (χ1v) is 6.96. The van der Waals surface area contributed by atoms with Crippen LogP contribution in [0.2, 0.25) is 0 Å². The van der Waals surface area contributed by atoms with Crippen molar-refractivity contribution in [1.29, 1.82) is 0 Å². The molecule has 106 valence electrons. The van der Waals surface area contributed by atoms with E-state index in [9.17, 15) is 5.11 Å².